The van der Waals surface area contributed by atoms with Crippen LogP contribution in [0.5, 0.6) is 0 Å². The highest BCUT2D eigenvalue weighted by atomic mass is 16.5. The van der Waals surface area contributed by atoms with Gasteiger partial charge in [-0.3, -0.25) is 4.79 Å². The summed E-state index contributed by atoms with van der Waals surface area (Å²) in [6.07, 6.45) is 1.87. The lowest BCUT2D eigenvalue weighted by Gasteiger charge is -2.32. The third-order valence-electron chi connectivity index (χ3n) is 2.99. The highest BCUT2D eigenvalue weighted by Gasteiger charge is 2.31. The number of ether oxygens (including phenoxy) is 1. The summed E-state index contributed by atoms with van der Waals surface area (Å²) in [6.45, 7) is 5.76. The first kappa shape index (κ1) is 12.5. The molecule has 4 nitrogen and oxygen atoms in total. The Morgan fingerprint density at radius 2 is 2.33 bits per heavy atom. The molecule has 0 aromatic rings. The van der Waals surface area contributed by atoms with Crippen molar-refractivity contribution >= 4 is 5.91 Å². The number of amides is 1. The number of hydrogen-bond donors (Lipinski definition) is 1. The zero-order chi connectivity index (χ0) is 11.3. The van der Waals surface area contributed by atoms with Gasteiger partial charge >= 0.3 is 0 Å². The van der Waals surface area contributed by atoms with Gasteiger partial charge in [-0.05, 0) is 26.7 Å². The molecule has 1 N–H and O–H groups in total. The Balaban J connectivity index is 2.55. The van der Waals surface area contributed by atoms with Gasteiger partial charge < -0.3 is 14.7 Å². The molecular weight excluding hydrogens is 194 g/mol. The standard InChI is InChI=1S/C11H21NO3/c1-3-12(6-7-13)11(14)10-5-4-8-15-9(10)2/h9-10,13H,3-8H2,1-2H3/t9-,10+/m1/s1. The number of rotatable bonds is 4. The largest absolute Gasteiger partial charge is 0.395 e. The molecule has 0 bridgehead atoms. The van der Waals surface area contributed by atoms with Crippen LogP contribution in [-0.2, 0) is 9.53 Å². The maximum Gasteiger partial charge on any atom is 0.228 e. The molecule has 0 aliphatic carbocycles. The highest BCUT2D eigenvalue weighted by molar-refractivity contribution is 5.79. The maximum absolute atomic E-state index is 12.1. The Hall–Kier alpha value is -0.610. The minimum atomic E-state index is -0.0229. The van der Waals surface area contributed by atoms with E-state index in [1.54, 1.807) is 4.90 Å². The van der Waals surface area contributed by atoms with Crippen molar-refractivity contribution in [2.24, 2.45) is 5.92 Å². The van der Waals surface area contributed by atoms with E-state index in [1.807, 2.05) is 13.8 Å². The lowest BCUT2D eigenvalue weighted by atomic mass is 9.94. The Kier molecular flexibility index (Phi) is 5.05. The fourth-order valence-corrected chi connectivity index (χ4v) is 2.03. The van der Waals surface area contributed by atoms with Gasteiger partial charge in [0.15, 0.2) is 0 Å². The molecule has 0 aromatic heterocycles. The normalized spacial score (nSPS) is 26.3. The van der Waals surface area contributed by atoms with Crippen LogP contribution in [0.2, 0.25) is 0 Å². The van der Waals surface area contributed by atoms with E-state index >= 15 is 0 Å². The molecule has 1 heterocycles. The molecule has 1 aliphatic heterocycles. The molecule has 1 rings (SSSR count). The van der Waals surface area contributed by atoms with Gasteiger partial charge in [0.25, 0.3) is 0 Å². The number of likely N-dealkylation sites (N-methyl/N-ethyl adjacent to an activating group) is 1. The van der Waals surface area contributed by atoms with Gasteiger partial charge in [-0.15, -0.1) is 0 Å². The van der Waals surface area contributed by atoms with E-state index < -0.39 is 0 Å². The fourth-order valence-electron chi connectivity index (χ4n) is 2.03. The first-order chi connectivity index (χ1) is 7.20. The van der Waals surface area contributed by atoms with Gasteiger partial charge in [0, 0.05) is 19.7 Å². The minimum Gasteiger partial charge on any atom is -0.395 e. The molecule has 2 atom stereocenters. The summed E-state index contributed by atoms with van der Waals surface area (Å²) < 4.78 is 5.47. The molecule has 4 heteroatoms. The van der Waals surface area contributed by atoms with Gasteiger partial charge in [0.05, 0.1) is 18.6 Å². The van der Waals surface area contributed by atoms with Gasteiger partial charge in [0.1, 0.15) is 0 Å². The van der Waals surface area contributed by atoms with Crippen LogP contribution in [0.4, 0.5) is 0 Å². The number of nitrogens with zero attached hydrogens (tertiary/aromatic N) is 1. The molecule has 0 radical (unpaired) electrons. The fraction of sp³-hybridized carbons (Fsp3) is 0.909. The lowest BCUT2D eigenvalue weighted by Crippen LogP contribution is -2.43. The molecular formula is C11H21NO3. The third-order valence-corrected chi connectivity index (χ3v) is 2.99. The second-order valence-corrected chi connectivity index (χ2v) is 3.97. The Labute approximate surface area is 91.2 Å². The molecule has 88 valence electrons. The first-order valence-electron chi connectivity index (χ1n) is 5.72. The van der Waals surface area contributed by atoms with E-state index in [-0.39, 0.29) is 24.5 Å². The van der Waals surface area contributed by atoms with Gasteiger partial charge in [-0.2, -0.15) is 0 Å². The van der Waals surface area contributed by atoms with Crippen LogP contribution < -0.4 is 0 Å². The monoisotopic (exact) mass is 215 g/mol. The Morgan fingerprint density at radius 1 is 1.60 bits per heavy atom. The van der Waals surface area contributed by atoms with Crippen molar-refractivity contribution in [2.75, 3.05) is 26.3 Å². The maximum atomic E-state index is 12.1. The van der Waals surface area contributed by atoms with Gasteiger partial charge in [-0.1, -0.05) is 0 Å². The van der Waals surface area contributed by atoms with Crippen molar-refractivity contribution in [1.82, 2.24) is 4.90 Å². The summed E-state index contributed by atoms with van der Waals surface area (Å²) in [5, 5.41) is 8.86. The van der Waals surface area contributed by atoms with E-state index in [2.05, 4.69) is 0 Å². The molecule has 1 fully saturated rings. The summed E-state index contributed by atoms with van der Waals surface area (Å²) in [5.41, 5.74) is 0. The highest BCUT2D eigenvalue weighted by Crippen LogP contribution is 2.22. The van der Waals surface area contributed by atoms with Crippen molar-refractivity contribution in [1.29, 1.82) is 0 Å². The van der Waals surface area contributed by atoms with Crippen molar-refractivity contribution in [3.8, 4) is 0 Å². The molecule has 1 amide bonds. The second-order valence-electron chi connectivity index (χ2n) is 3.97. The summed E-state index contributed by atoms with van der Waals surface area (Å²) in [5.74, 6) is 0.101. The van der Waals surface area contributed by atoms with Crippen LogP contribution >= 0.6 is 0 Å². The van der Waals surface area contributed by atoms with Crippen LogP contribution in [0, 0.1) is 5.92 Å². The van der Waals surface area contributed by atoms with Crippen LogP contribution in [0.1, 0.15) is 26.7 Å². The molecule has 1 saturated heterocycles. The molecule has 1 aliphatic rings. The van der Waals surface area contributed by atoms with E-state index in [4.69, 9.17) is 9.84 Å². The number of carbonyl (C=O) groups is 1. The Morgan fingerprint density at radius 3 is 2.87 bits per heavy atom. The average Bonchev–Trinajstić information content (AvgIpc) is 2.25. The predicted octanol–water partition coefficient (Wildman–Crippen LogP) is 0.642. The van der Waals surface area contributed by atoms with Crippen LogP contribution in [0.3, 0.4) is 0 Å². The third kappa shape index (κ3) is 3.18. The minimum absolute atomic E-state index is 0.0130. The number of hydrogen-bond acceptors (Lipinski definition) is 3. The summed E-state index contributed by atoms with van der Waals surface area (Å²) in [6, 6.07) is 0. The zero-order valence-electron chi connectivity index (χ0n) is 9.61. The van der Waals surface area contributed by atoms with Crippen molar-refractivity contribution in [2.45, 2.75) is 32.8 Å². The summed E-state index contributed by atoms with van der Waals surface area (Å²) in [7, 11) is 0. The number of aliphatic hydroxyl groups is 1. The molecule has 0 saturated carbocycles. The number of aliphatic hydroxyl groups excluding tert-OH is 1. The van der Waals surface area contributed by atoms with Gasteiger partial charge in [-0.25, -0.2) is 0 Å². The van der Waals surface area contributed by atoms with Crippen LogP contribution in [0.25, 0.3) is 0 Å². The SMILES string of the molecule is CCN(CCO)C(=O)[C@H]1CCCO[C@@H]1C. The summed E-state index contributed by atoms with van der Waals surface area (Å²) >= 11 is 0. The number of carbonyl (C=O) groups excluding carboxylic acids is 1. The van der Waals surface area contributed by atoms with E-state index in [0.717, 1.165) is 19.4 Å². The topological polar surface area (TPSA) is 49.8 Å². The molecule has 0 aromatic carbocycles. The van der Waals surface area contributed by atoms with E-state index in [9.17, 15) is 4.79 Å². The average molecular weight is 215 g/mol. The lowest BCUT2D eigenvalue weighted by molar-refractivity contribution is -0.144. The molecule has 0 spiro atoms. The van der Waals surface area contributed by atoms with E-state index in [1.165, 1.54) is 0 Å². The smallest absolute Gasteiger partial charge is 0.228 e. The van der Waals surface area contributed by atoms with Gasteiger partial charge in [0.2, 0.25) is 5.91 Å². The summed E-state index contributed by atoms with van der Waals surface area (Å²) in [4.78, 5) is 13.8. The van der Waals surface area contributed by atoms with E-state index in [0.29, 0.717) is 13.1 Å². The first-order valence-corrected chi connectivity index (χ1v) is 5.72. The van der Waals surface area contributed by atoms with Crippen molar-refractivity contribution in [3.63, 3.8) is 0 Å². The van der Waals surface area contributed by atoms with Crippen molar-refractivity contribution in [3.05, 3.63) is 0 Å². The second kappa shape index (κ2) is 6.08. The predicted molar refractivity (Wildman–Crippen MR) is 57.5 cm³/mol. The zero-order valence-corrected chi connectivity index (χ0v) is 9.61. The van der Waals surface area contributed by atoms with Crippen LogP contribution in [0.15, 0.2) is 0 Å². The quantitative estimate of drug-likeness (QED) is 0.749. The van der Waals surface area contributed by atoms with Crippen LogP contribution in [-0.4, -0.2) is 48.3 Å². The Bertz CT molecular complexity index is 208. The molecule has 0 unspecified atom stereocenters. The van der Waals surface area contributed by atoms with Crippen molar-refractivity contribution < 1.29 is 14.6 Å². The molecule has 15 heavy (non-hydrogen) atoms.